The molecule has 1 amide bonds. The van der Waals surface area contributed by atoms with Crippen LogP contribution < -0.4 is 5.32 Å². The van der Waals surface area contributed by atoms with E-state index in [0.717, 1.165) is 25.7 Å². The van der Waals surface area contributed by atoms with Crippen molar-refractivity contribution in [2.75, 3.05) is 6.54 Å². The van der Waals surface area contributed by atoms with Crippen LogP contribution in [0.2, 0.25) is 5.02 Å². The Labute approximate surface area is 111 Å². The lowest BCUT2D eigenvalue weighted by molar-refractivity contribution is 0.0873. The predicted octanol–water partition coefficient (Wildman–Crippen LogP) is 2.02. The number of amides is 1. The number of hydrogen-bond acceptors (Lipinski definition) is 3. The normalized spacial score (nSPS) is 23.7. The van der Waals surface area contributed by atoms with Gasteiger partial charge >= 0.3 is 0 Å². The molecule has 1 aromatic rings. The van der Waals surface area contributed by atoms with E-state index in [2.05, 4.69) is 10.3 Å². The first-order chi connectivity index (χ1) is 8.66. The minimum absolute atomic E-state index is 0.201. The van der Waals surface area contributed by atoms with Gasteiger partial charge in [0, 0.05) is 18.9 Å². The Balaban J connectivity index is 1.87. The number of carbonyl (C=O) groups excluding carboxylic acids is 1. The van der Waals surface area contributed by atoms with E-state index in [4.69, 9.17) is 11.6 Å². The molecule has 0 saturated heterocycles. The molecule has 0 bridgehead atoms. The van der Waals surface area contributed by atoms with E-state index in [1.165, 1.54) is 6.20 Å². The summed E-state index contributed by atoms with van der Waals surface area (Å²) in [5.41, 5.74) is 0.399. The molecule has 1 aliphatic rings. The Bertz CT molecular complexity index is 425. The van der Waals surface area contributed by atoms with Crippen molar-refractivity contribution in [2.24, 2.45) is 5.92 Å². The van der Waals surface area contributed by atoms with Crippen LogP contribution in [0.5, 0.6) is 0 Å². The number of nitrogens with zero attached hydrogens (tertiary/aromatic N) is 1. The lowest BCUT2D eigenvalue weighted by Gasteiger charge is -2.25. The summed E-state index contributed by atoms with van der Waals surface area (Å²) >= 11 is 5.92. The molecule has 1 heterocycles. The van der Waals surface area contributed by atoms with E-state index in [0.29, 0.717) is 23.0 Å². The second-order valence-electron chi connectivity index (χ2n) is 4.75. The van der Waals surface area contributed by atoms with Gasteiger partial charge in [-0.15, -0.1) is 0 Å². The average Bonchev–Trinajstić information content (AvgIpc) is 2.37. The number of aromatic nitrogens is 1. The van der Waals surface area contributed by atoms with Gasteiger partial charge in [-0.25, -0.2) is 0 Å². The van der Waals surface area contributed by atoms with Crippen molar-refractivity contribution in [3.05, 3.63) is 29.0 Å². The van der Waals surface area contributed by atoms with Crippen LogP contribution in [0.15, 0.2) is 18.5 Å². The van der Waals surface area contributed by atoms with Gasteiger partial charge in [-0.3, -0.25) is 9.78 Å². The molecule has 2 atom stereocenters. The first kappa shape index (κ1) is 13.3. The number of nitrogens with one attached hydrogen (secondary N) is 1. The molecule has 2 unspecified atom stereocenters. The molecule has 2 rings (SSSR count). The van der Waals surface area contributed by atoms with E-state index in [9.17, 15) is 9.90 Å². The van der Waals surface area contributed by atoms with Gasteiger partial charge in [0.1, 0.15) is 0 Å². The molecule has 2 N–H and O–H groups in total. The number of carbonyl (C=O) groups is 1. The van der Waals surface area contributed by atoms with Crippen LogP contribution in [0.25, 0.3) is 0 Å². The van der Waals surface area contributed by atoms with Gasteiger partial charge < -0.3 is 10.4 Å². The predicted molar refractivity (Wildman–Crippen MR) is 69.5 cm³/mol. The molecular formula is C13H17ClN2O2. The van der Waals surface area contributed by atoms with Crippen molar-refractivity contribution in [3.8, 4) is 0 Å². The third kappa shape index (κ3) is 3.43. The number of pyridine rings is 1. The van der Waals surface area contributed by atoms with Gasteiger partial charge in [-0.1, -0.05) is 18.0 Å². The summed E-state index contributed by atoms with van der Waals surface area (Å²) in [5.74, 6) is 0.154. The van der Waals surface area contributed by atoms with Crippen LogP contribution in [0, 0.1) is 5.92 Å². The fourth-order valence-corrected chi connectivity index (χ4v) is 2.52. The van der Waals surface area contributed by atoms with Crippen molar-refractivity contribution in [1.29, 1.82) is 0 Å². The summed E-state index contributed by atoms with van der Waals surface area (Å²) in [7, 11) is 0. The molecule has 0 aromatic carbocycles. The number of aliphatic hydroxyl groups excluding tert-OH is 1. The summed E-state index contributed by atoms with van der Waals surface area (Å²) in [6.45, 7) is 0.584. The summed E-state index contributed by atoms with van der Waals surface area (Å²) < 4.78 is 0. The van der Waals surface area contributed by atoms with E-state index in [-0.39, 0.29) is 12.0 Å². The summed E-state index contributed by atoms with van der Waals surface area (Å²) in [4.78, 5) is 15.8. The van der Waals surface area contributed by atoms with E-state index in [1.54, 1.807) is 12.3 Å². The van der Waals surface area contributed by atoms with E-state index >= 15 is 0 Å². The third-order valence-corrected chi connectivity index (χ3v) is 3.65. The highest BCUT2D eigenvalue weighted by Crippen LogP contribution is 2.23. The van der Waals surface area contributed by atoms with Crippen LogP contribution in [0.4, 0.5) is 0 Å². The molecule has 0 aliphatic heterocycles. The minimum atomic E-state index is -0.220. The maximum absolute atomic E-state index is 11.9. The van der Waals surface area contributed by atoms with Crippen LogP contribution >= 0.6 is 11.6 Å². The van der Waals surface area contributed by atoms with E-state index in [1.807, 2.05) is 0 Å². The number of hydrogen-bond donors (Lipinski definition) is 2. The molecule has 18 heavy (non-hydrogen) atoms. The Morgan fingerprint density at radius 3 is 3.11 bits per heavy atom. The molecule has 5 heteroatoms. The molecule has 4 nitrogen and oxygen atoms in total. The highest BCUT2D eigenvalue weighted by atomic mass is 35.5. The van der Waals surface area contributed by atoms with Crippen molar-refractivity contribution in [2.45, 2.75) is 31.8 Å². The topological polar surface area (TPSA) is 62.2 Å². The summed E-state index contributed by atoms with van der Waals surface area (Å²) in [6.07, 6.45) is 6.51. The second-order valence-corrected chi connectivity index (χ2v) is 5.16. The van der Waals surface area contributed by atoms with Gasteiger partial charge in [0.05, 0.1) is 16.7 Å². The average molecular weight is 269 g/mol. The van der Waals surface area contributed by atoms with Gasteiger partial charge in [-0.2, -0.15) is 0 Å². The fraction of sp³-hybridized carbons (Fsp3) is 0.538. The molecule has 0 spiro atoms. The molecule has 1 aromatic heterocycles. The smallest absolute Gasteiger partial charge is 0.254 e. The SMILES string of the molecule is O=C(NCC1CCCC(O)C1)c1cnccc1Cl. The van der Waals surface area contributed by atoms with Crippen LogP contribution in [-0.4, -0.2) is 28.6 Å². The maximum atomic E-state index is 11.9. The Morgan fingerprint density at radius 2 is 2.39 bits per heavy atom. The van der Waals surface area contributed by atoms with Gasteiger partial charge in [-0.05, 0) is 31.2 Å². The van der Waals surface area contributed by atoms with Crippen molar-refractivity contribution >= 4 is 17.5 Å². The number of rotatable bonds is 3. The first-order valence-electron chi connectivity index (χ1n) is 6.22. The largest absolute Gasteiger partial charge is 0.393 e. The monoisotopic (exact) mass is 268 g/mol. The zero-order valence-electron chi connectivity index (χ0n) is 10.1. The van der Waals surface area contributed by atoms with E-state index < -0.39 is 0 Å². The Hall–Kier alpha value is -1.13. The molecule has 1 saturated carbocycles. The highest BCUT2D eigenvalue weighted by molar-refractivity contribution is 6.33. The standard InChI is InChI=1S/C13H17ClN2O2/c14-12-4-5-15-8-11(12)13(18)16-7-9-2-1-3-10(17)6-9/h4-5,8-10,17H,1-3,6-7H2,(H,16,18). The Morgan fingerprint density at radius 1 is 1.56 bits per heavy atom. The number of halogens is 1. The first-order valence-corrected chi connectivity index (χ1v) is 6.60. The van der Waals surface area contributed by atoms with Crippen LogP contribution in [-0.2, 0) is 0 Å². The lowest BCUT2D eigenvalue weighted by Crippen LogP contribution is -2.33. The molecule has 1 aliphatic carbocycles. The third-order valence-electron chi connectivity index (χ3n) is 3.32. The summed E-state index contributed by atoms with van der Waals surface area (Å²) in [6, 6.07) is 1.60. The highest BCUT2D eigenvalue weighted by Gasteiger charge is 2.21. The second kappa shape index (κ2) is 6.16. The van der Waals surface area contributed by atoms with Crippen LogP contribution in [0.3, 0.4) is 0 Å². The minimum Gasteiger partial charge on any atom is -0.393 e. The molecule has 1 fully saturated rings. The number of aliphatic hydroxyl groups is 1. The van der Waals surface area contributed by atoms with Gasteiger partial charge in [0.25, 0.3) is 5.91 Å². The zero-order valence-corrected chi connectivity index (χ0v) is 10.9. The quantitative estimate of drug-likeness (QED) is 0.882. The fourth-order valence-electron chi connectivity index (χ4n) is 2.32. The van der Waals surface area contributed by atoms with Crippen molar-refractivity contribution in [1.82, 2.24) is 10.3 Å². The zero-order chi connectivity index (χ0) is 13.0. The maximum Gasteiger partial charge on any atom is 0.254 e. The Kier molecular flexibility index (Phi) is 4.55. The van der Waals surface area contributed by atoms with Gasteiger partial charge in [0.15, 0.2) is 0 Å². The molecular weight excluding hydrogens is 252 g/mol. The van der Waals surface area contributed by atoms with Gasteiger partial charge in [0.2, 0.25) is 0 Å². The van der Waals surface area contributed by atoms with Crippen molar-refractivity contribution in [3.63, 3.8) is 0 Å². The summed E-state index contributed by atoms with van der Waals surface area (Å²) in [5, 5.41) is 12.8. The lowest BCUT2D eigenvalue weighted by atomic mass is 9.87. The molecule has 0 radical (unpaired) electrons. The molecule has 98 valence electrons. The van der Waals surface area contributed by atoms with Crippen LogP contribution in [0.1, 0.15) is 36.0 Å². The van der Waals surface area contributed by atoms with Crippen molar-refractivity contribution < 1.29 is 9.90 Å².